The molecule has 0 fully saturated rings. The van der Waals surface area contributed by atoms with Crippen LogP contribution in [0.25, 0.3) is 11.4 Å². The summed E-state index contributed by atoms with van der Waals surface area (Å²) >= 11 is 0. The molecule has 2 N–H and O–H groups in total. The number of carbonyl (C=O) groups excluding carboxylic acids is 1. The Morgan fingerprint density at radius 1 is 1.29 bits per heavy atom. The Bertz CT molecular complexity index is 1120. The van der Waals surface area contributed by atoms with Crippen molar-refractivity contribution in [2.75, 3.05) is 11.9 Å². The fourth-order valence-electron chi connectivity index (χ4n) is 2.77. The Morgan fingerprint density at radius 2 is 2.11 bits per heavy atom. The third kappa shape index (κ3) is 3.79. The predicted molar refractivity (Wildman–Crippen MR) is 103 cm³/mol. The van der Waals surface area contributed by atoms with E-state index in [9.17, 15) is 14.7 Å². The van der Waals surface area contributed by atoms with Crippen molar-refractivity contribution < 1.29 is 9.90 Å². The molecule has 0 aliphatic carbocycles. The summed E-state index contributed by atoms with van der Waals surface area (Å²) in [6.45, 7) is 1.01. The van der Waals surface area contributed by atoms with E-state index in [-0.39, 0.29) is 35.9 Å². The van der Waals surface area contributed by atoms with E-state index < -0.39 is 5.56 Å². The van der Waals surface area contributed by atoms with Crippen molar-refractivity contribution in [2.45, 2.75) is 13.5 Å². The van der Waals surface area contributed by atoms with Crippen molar-refractivity contribution in [3.05, 3.63) is 70.1 Å². The van der Waals surface area contributed by atoms with Crippen molar-refractivity contribution in [3.8, 4) is 17.5 Å². The van der Waals surface area contributed by atoms with Gasteiger partial charge in [0.1, 0.15) is 11.4 Å². The molecule has 2 aromatic heterocycles. The zero-order valence-corrected chi connectivity index (χ0v) is 15.1. The van der Waals surface area contributed by atoms with Gasteiger partial charge in [-0.05, 0) is 37.3 Å². The Balaban J connectivity index is 2.27. The molecule has 0 atom stereocenters. The molecular formula is C20H17N5O3. The van der Waals surface area contributed by atoms with Crippen molar-refractivity contribution >= 4 is 17.2 Å². The number of nitrogens with zero attached hydrogens (tertiary/aromatic N) is 4. The summed E-state index contributed by atoms with van der Waals surface area (Å²) < 4.78 is 1.09. The van der Waals surface area contributed by atoms with Crippen LogP contribution in [0.4, 0.5) is 11.4 Å². The summed E-state index contributed by atoms with van der Waals surface area (Å²) in [4.78, 5) is 29.6. The van der Waals surface area contributed by atoms with Crippen LogP contribution in [0.15, 0.2) is 53.5 Å². The average Bonchev–Trinajstić information content (AvgIpc) is 2.71. The van der Waals surface area contributed by atoms with Crippen LogP contribution in [-0.4, -0.2) is 32.3 Å². The fraction of sp³-hybridized carbons (Fsp3) is 0.150. The molecule has 140 valence electrons. The van der Waals surface area contributed by atoms with E-state index in [1.54, 1.807) is 48.7 Å². The van der Waals surface area contributed by atoms with Gasteiger partial charge in [-0.25, -0.2) is 4.68 Å². The highest BCUT2D eigenvalue weighted by molar-refractivity contribution is 6.05. The van der Waals surface area contributed by atoms with E-state index in [0.29, 0.717) is 16.9 Å². The molecule has 0 amide bonds. The number of nitriles is 1. The summed E-state index contributed by atoms with van der Waals surface area (Å²) in [5.74, 6) is -0.361. The number of hydrogen-bond donors (Lipinski definition) is 2. The number of pyridine rings is 1. The van der Waals surface area contributed by atoms with Crippen LogP contribution in [0.1, 0.15) is 22.8 Å². The SMILES string of the molecule is CC(=O)c1c(-c2ccccn2)nn(CCO)c(=O)c1Nc1cccc(C#N)c1. The Morgan fingerprint density at radius 3 is 2.75 bits per heavy atom. The lowest BCUT2D eigenvalue weighted by atomic mass is 10.1. The Hall–Kier alpha value is -3.83. The van der Waals surface area contributed by atoms with Crippen LogP contribution in [-0.2, 0) is 6.54 Å². The molecule has 8 heteroatoms. The second kappa shape index (κ2) is 8.24. The molecule has 0 aliphatic heterocycles. The molecule has 0 aliphatic rings. The number of carbonyl (C=O) groups is 1. The second-order valence-corrected chi connectivity index (χ2v) is 5.94. The van der Waals surface area contributed by atoms with Crippen molar-refractivity contribution in [1.82, 2.24) is 14.8 Å². The molecule has 0 saturated heterocycles. The molecule has 0 spiro atoms. The molecule has 0 radical (unpaired) electrons. The van der Waals surface area contributed by atoms with Crippen LogP contribution in [0, 0.1) is 11.3 Å². The van der Waals surface area contributed by atoms with E-state index in [1.165, 1.54) is 6.92 Å². The number of ketones is 1. The molecule has 8 nitrogen and oxygen atoms in total. The van der Waals surface area contributed by atoms with Gasteiger partial charge in [0, 0.05) is 11.9 Å². The number of anilines is 2. The lowest BCUT2D eigenvalue weighted by Gasteiger charge is -2.16. The molecule has 3 aromatic rings. The maximum atomic E-state index is 12.9. The number of aliphatic hydroxyl groups is 1. The quantitative estimate of drug-likeness (QED) is 0.633. The first-order valence-electron chi connectivity index (χ1n) is 8.50. The molecule has 0 saturated carbocycles. The van der Waals surface area contributed by atoms with Crippen LogP contribution < -0.4 is 10.9 Å². The van der Waals surface area contributed by atoms with Crippen LogP contribution in [0.3, 0.4) is 0 Å². The Kier molecular flexibility index (Phi) is 5.58. The molecule has 1 aromatic carbocycles. The van der Waals surface area contributed by atoms with Gasteiger partial charge in [0.2, 0.25) is 0 Å². The van der Waals surface area contributed by atoms with Crippen molar-refractivity contribution in [2.24, 2.45) is 0 Å². The molecule has 2 heterocycles. The highest BCUT2D eigenvalue weighted by Crippen LogP contribution is 2.26. The van der Waals surface area contributed by atoms with Gasteiger partial charge >= 0.3 is 0 Å². The maximum absolute atomic E-state index is 12.9. The van der Waals surface area contributed by atoms with E-state index in [4.69, 9.17) is 5.26 Å². The van der Waals surface area contributed by atoms with E-state index in [0.717, 1.165) is 4.68 Å². The summed E-state index contributed by atoms with van der Waals surface area (Å²) in [5.41, 5.74) is 1.11. The monoisotopic (exact) mass is 375 g/mol. The number of rotatable bonds is 6. The van der Waals surface area contributed by atoms with Crippen LogP contribution >= 0.6 is 0 Å². The van der Waals surface area contributed by atoms with Gasteiger partial charge in [-0.1, -0.05) is 12.1 Å². The van der Waals surface area contributed by atoms with Crippen LogP contribution in [0.2, 0.25) is 0 Å². The summed E-state index contributed by atoms with van der Waals surface area (Å²) in [7, 11) is 0. The fourth-order valence-corrected chi connectivity index (χ4v) is 2.77. The molecule has 0 bridgehead atoms. The largest absolute Gasteiger partial charge is 0.394 e. The zero-order chi connectivity index (χ0) is 20.1. The zero-order valence-electron chi connectivity index (χ0n) is 15.1. The predicted octanol–water partition coefficient (Wildman–Crippen LogP) is 2.12. The van der Waals surface area contributed by atoms with Crippen molar-refractivity contribution in [1.29, 1.82) is 5.26 Å². The van der Waals surface area contributed by atoms with Gasteiger partial charge in [0.05, 0.1) is 36.0 Å². The lowest BCUT2D eigenvalue weighted by Crippen LogP contribution is -2.29. The first-order valence-corrected chi connectivity index (χ1v) is 8.50. The number of aliphatic hydroxyl groups excluding tert-OH is 1. The number of hydrogen-bond acceptors (Lipinski definition) is 7. The molecule has 0 unspecified atom stereocenters. The minimum absolute atomic E-state index is 0.0201. The Labute approximate surface area is 160 Å². The number of nitrogens with one attached hydrogen (secondary N) is 1. The van der Waals surface area contributed by atoms with Crippen LogP contribution in [0.5, 0.6) is 0 Å². The first-order chi connectivity index (χ1) is 13.5. The average molecular weight is 375 g/mol. The van der Waals surface area contributed by atoms with Gasteiger partial charge in [-0.15, -0.1) is 0 Å². The van der Waals surface area contributed by atoms with E-state index >= 15 is 0 Å². The highest BCUT2D eigenvalue weighted by Gasteiger charge is 2.22. The topological polar surface area (TPSA) is 121 Å². The molecule has 28 heavy (non-hydrogen) atoms. The van der Waals surface area contributed by atoms with Gasteiger partial charge in [-0.2, -0.15) is 10.4 Å². The minimum Gasteiger partial charge on any atom is -0.394 e. The lowest BCUT2D eigenvalue weighted by molar-refractivity contribution is 0.101. The number of Topliss-reactive ketones (excluding diaryl/α,β-unsaturated/α-hetero) is 1. The number of benzene rings is 1. The number of aromatic nitrogens is 3. The first kappa shape index (κ1) is 18.9. The van der Waals surface area contributed by atoms with Crippen molar-refractivity contribution in [3.63, 3.8) is 0 Å². The normalized spacial score (nSPS) is 10.3. The summed E-state index contributed by atoms with van der Waals surface area (Å²) in [6, 6.07) is 13.7. The summed E-state index contributed by atoms with van der Waals surface area (Å²) in [6.07, 6.45) is 1.56. The van der Waals surface area contributed by atoms with Gasteiger partial charge in [-0.3, -0.25) is 14.6 Å². The van der Waals surface area contributed by atoms with E-state index in [2.05, 4.69) is 15.4 Å². The van der Waals surface area contributed by atoms with Gasteiger partial charge < -0.3 is 10.4 Å². The maximum Gasteiger partial charge on any atom is 0.291 e. The van der Waals surface area contributed by atoms with Gasteiger partial charge in [0.25, 0.3) is 5.56 Å². The van der Waals surface area contributed by atoms with Gasteiger partial charge in [0.15, 0.2) is 5.78 Å². The minimum atomic E-state index is -0.554. The summed E-state index contributed by atoms with van der Waals surface area (Å²) in [5, 5.41) is 25.6. The smallest absolute Gasteiger partial charge is 0.291 e. The molecular weight excluding hydrogens is 358 g/mol. The molecule has 3 rings (SSSR count). The van der Waals surface area contributed by atoms with E-state index in [1.807, 2.05) is 6.07 Å². The third-order valence-corrected chi connectivity index (χ3v) is 3.99. The standard InChI is InChI=1S/C20H17N5O3/c1-13(27)17-18(16-7-2-3-8-22-16)24-25(9-10-26)20(28)19(17)23-15-6-4-5-14(11-15)12-21/h2-8,11,23,26H,9-10H2,1H3. The third-order valence-electron chi connectivity index (χ3n) is 3.99. The second-order valence-electron chi connectivity index (χ2n) is 5.94. The highest BCUT2D eigenvalue weighted by atomic mass is 16.3.